The first-order valence-corrected chi connectivity index (χ1v) is 7.45. The number of hydrogen-bond acceptors (Lipinski definition) is 2. The smallest absolute Gasteiger partial charge is 0.00926 e. The molecular weight excluding hydrogens is 208 g/mol. The minimum Gasteiger partial charge on any atom is -0.316 e. The normalized spacial score (nSPS) is 28.6. The van der Waals surface area contributed by atoms with Crippen LogP contribution in [0.4, 0.5) is 0 Å². The van der Waals surface area contributed by atoms with E-state index in [1.807, 2.05) is 0 Å². The molecule has 0 saturated carbocycles. The Morgan fingerprint density at radius 2 is 1.88 bits per heavy atom. The summed E-state index contributed by atoms with van der Waals surface area (Å²) in [4.78, 5) is 2.69. The van der Waals surface area contributed by atoms with E-state index in [1.165, 1.54) is 25.9 Å². The Bertz CT molecular complexity index is 203. The van der Waals surface area contributed by atoms with E-state index < -0.39 is 0 Å². The van der Waals surface area contributed by atoms with Gasteiger partial charge in [-0.05, 0) is 57.2 Å². The molecule has 2 nitrogen and oxygen atoms in total. The first-order valence-electron chi connectivity index (χ1n) is 7.45. The third-order valence-corrected chi connectivity index (χ3v) is 4.10. The molecule has 0 radical (unpaired) electrons. The molecule has 3 unspecified atom stereocenters. The highest BCUT2D eigenvalue weighted by molar-refractivity contribution is 4.79. The van der Waals surface area contributed by atoms with Crippen molar-refractivity contribution in [3.8, 4) is 0 Å². The third kappa shape index (κ3) is 5.39. The average Bonchev–Trinajstić information content (AvgIpc) is 2.24. The summed E-state index contributed by atoms with van der Waals surface area (Å²) in [5.41, 5.74) is 0. The maximum atomic E-state index is 3.57. The predicted octanol–water partition coefficient (Wildman–Crippen LogP) is 2.99. The Morgan fingerprint density at radius 1 is 1.18 bits per heavy atom. The zero-order chi connectivity index (χ0) is 12.8. The molecule has 17 heavy (non-hydrogen) atoms. The van der Waals surface area contributed by atoms with E-state index in [4.69, 9.17) is 0 Å². The Labute approximate surface area is 108 Å². The van der Waals surface area contributed by atoms with E-state index in [-0.39, 0.29) is 0 Å². The summed E-state index contributed by atoms with van der Waals surface area (Å²) in [7, 11) is 0. The number of nitrogens with one attached hydrogen (secondary N) is 1. The van der Waals surface area contributed by atoms with Gasteiger partial charge in [-0.2, -0.15) is 0 Å². The van der Waals surface area contributed by atoms with Crippen LogP contribution < -0.4 is 5.32 Å². The predicted molar refractivity (Wildman–Crippen MR) is 76.3 cm³/mol. The Hall–Kier alpha value is -0.0800. The van der Waals surface area contributed by atoms with Gasteiger partial charge < -0.3 is 10.2 Å². The van der Waals surface area contributed by atoms with Gasteiger partial charge in [0, 0.05) is 12.6 Å². The molecule has 0 aromatic heterocycles. The number of rotatable bonds is 6. The summed E-state index contributed by atoms with van der Waals surface area (Å²) < 4.78 is 0. The zero-order valence-electron chi connectivity index (χ0n) is 12.5. The fraction of sp³-hybridized carbons (Fsp3) is 1.00. The van der Waals surface area contributed by atoms with Crippen molar-refractivity contribution in [3.05, 3.63) is 0 Å². The lowest BCUT2D eigenvalue weighted by Crippen LogP contribution is -2.45. The van der Waals surface area contributed by atoms with E-state index in [1.54, 1.807) is 0 Å². The standard InChI is InChI=1S/C15H32N2/c1-12(2)9-16-10-13(3)11-17-8-6-7-14(4)15(17)5/h12-16H,6-11H2,1-5H3. The van der Waals surface area contributed by atoms with Crippen LogP contribution in [-0.4, -0.2) is 37.1 Å². The molecule has 1 saturated heterocycles. The first-order chi connectivity index (χ1) is 8.00. The van der Waals surface area contributed by atoms with Crippen molar-refractivity contribution in [2.45, 2.75) is 53.5 Å². The Kier molecular flexibility index (Phi) is 6.50. The molecule has 1 aliphatic heterocycles. The quantitative estimate of drug-likeness (QED) is 0.768. The van der Waals surface area contributed by atoms with Gasteiger partial charge in [0.15, 0.2) is 0 Å². The monoisotopic (exact) mass is 240 g/mol. The van der Waals surface area contributed by atoms with Crippen LogP contribution in [0.15, 0.2) is 0 Å². The van der Waals surface area contributed by atoms with Gasteiger partial charge in [-0.3, -0.25) is 0 Å². The summed E-state index contributed by atoms with van der Waals surface area (Å²) in [5, 5.41) is 3.57. The van der Waals surface area contributed by atoms with Crippen LogP contribution in [0.25, 0.3) is 0 Å². The largest absolute Gasteiger partial charge is 0.316 e. The van der Waals surface area contributed by atoms with Gasteiger partial charge in [-0.25, -0.2) is 0 Å². The minimum atomic E-state index is 0.760. The molecular formula is C15H32N2. The van der Waals surface area contributed by atoms with Gasteiger partial charge >= 0.3 is 0 Å². The summed E-state index contributed by atoms with van der Waals surface area (Å²) in [6, 6.07) is 0.774. The molecule has 2 heteroatoms. The van der Waals surface area contributed by atoms with Crippen LogP contribution in [-0.2, 0) is 0 Å². The van der Waals surface area contributed by atoms with Crippen molar-refractivity contribution in [2.75, 3.05) is 26.2 Å². The van der Waals surface area contributed by atoms with Gasteiger partial charge in [0.05, 0.1) is 0 Å². The molecule has 1 rings (SSSR count). The molecule has 0 bridgehead atoms. The van der Waals surface area contributed by atoms with Crippen LogP contribution in [0.3, 0.4) is 0 Å². The van der Waals surface area contributed by atoms with E-state index in [2.05, 4.69) is 44.8 Å². The SMILES string of the molecule is CC(C)CNCC(C)CN1CCCC(C)C1C. The second-order valence-electron chi connectivity index (χ2n) is 6.51. The molecule has 0 amide bonds. The number of hydrogen-bond donors (Lipinski definition) is 1. The van der Waals surface area contributed by atoms with Gasteiger partial charge in [-0.15, -0.1) is 0 Å². The fourth-order valence-electron chi connectivity index (χ4n) is 2.76. The van der Waals surface area contributed by atoms with E-state index in [0.717, 1.165) is 36.9 Å². The fourth-order valence-corrected chi connectivity index (χ4v) is 2.76. The molecule has 1 fully saturated rings. The van der Waals surface area contributed by atoms with Gasteiger partial charge in [0.25, 0.3) is 0 Å². The Morgan fingerprint density at radius 3 is 2.53 bits per heavy atom. The van der Waals surface area contributed by atoms with Crippen molar-refractivity contribution in [3.63, 3.8) is 0 Å². The van der Waals surface area contributed by atoms with Crippen molar-refractivity contribution >= 4 is 0 Å². The Balaban J connectivity index is 2.22. The van der Waals surface area contributed by atoms with Crippen LogP contribution in [0.2, 0.25) is 0 Å². The molecule has 0 aliphatic carbocycles. The van der Waals surface area contributed by atoms with Crippen molar-refractivity contribution in [1.82, 2.24) is 10.2 Å². The highest BCUT2D eigenvalue weighted by atomic mass is 15.2. The first kappa shape index (κ1) is 15.0. The van der Waals surface area contributed by atoms with Crippen LogP contribution in [0.5, 0.6) is 0 Å². The molecule has 1 heterocycles. The lowest BCUT2D eigenvalue weighted by Gasteiger charge is -2.39. The molecule has 3 atom stereocenters. The second-order valence-corrected chi connectivity index (χ2v) is 6.51. The van der Waals surface area contributed by atoms with E-state index >= 15 is 0 Å². The van der Waals surface area contributed by atoms with E-state index in [0.29, 0.717) is 0 Å². The lowest BCUT2D eigenvalue weighted by molar-refractivity contribution is 0.0977. The van der Waals surface area contributed by atoms with Crippen molar-refractivity contribution in [2.24, 2.45) is 17.8 Å². The highest BCUT2D eigenvalue weighted by Gasteiger charge is 2.25. The van der Waals surface area contributed by atoms with Gasteiger partial charge in [0.1, 0.15) is 0 Å². The summed E-state index contributed by atoms with van der Waals surface area (Å²) >= 11 is 0. The number of nitrogens with zero attached hydrogens (tertiary/aromatic N) is 1. The number of piperidine rings is 1. The topological polar surface area (TPSA) is 15.3 Å². The molecule has 102 valence electrons. The second kappa shape index (κ2) is 7.38. The number of likely N-dealkylation sites (tertiary alicyclic amines) is 1. The third-order valence-electron chi connectivity index (χ3n) is 4.10. The van der Waals surface area contributed by atoms with Crippen LogP contribution >= 0.6 is 0 Å². The summed E-state index contributed by atoms with van der Waals surface area (Å²) in [6.45, 7) is 16.6. The molecule has 1 aliphatic rings. The molecule has 0 spiro atoms. The van der Waals surface area contributed by atoms with Gasteiger partial charge in [-0.1, -0.05) is 27.7 Å². The summed E-state index contributed by atoms with van der Waals surface area (Å²) in [5.74, 6) is 2.40. The summed E-state index contributed by atoms with van der Waals surface area (Å²) in [6.07, 6.45) is 2.80. The average molecular weight is 240 g/mol. The molecule has 1 N–H and O–H groups in total. The highest BCUT2D eigenvalue weighted by Crippen LogP contribution is 2.23. The van der Waals surface area contributed by atoms with Crippen LogP contribution in [0.1, 0.15) is 47.5 Å². The zero-order valence-corrected chi connectivity index (χ0v) is 12.5. The van der Waals surface area contributed by atoms with E-state index in [9.17, 15) is 0 Å². The van der Waals surface area contributed by atoms with Crippen LogP contribution in [0, 0.1) is 17.8 Å². The lowest BCUT2D eigenvalue weighted by atomic mass is 9.91. The minimum absolute atomic E-state index is 0.760. The van der Waals surface area contributed by atoms with Crippen molar-refractivity contribution in [1.29, 1.82) is 0 Å². The maximum absolute atomic E-state index is 3.57. The maximum Gasteiger partial charge on any atom is 0.00926 e. The van der Waals surface area contributed by atoms with Crippen molar-refractivity contribution < 1.29 is 0 Å². The molecule has 0 aromatic carbocycles. The molecule has 0 aromatic rings. The van der Waals surface area contributed by atoms with Gasteiger partial charge in [0.2, 0.25) is 0 Å².